The summed E-state index contributed by atoms with van der Waals surface area (Å²) in [6.07, 6.45) is 2.06. The maximum Gasteiger partial charge on any atom is 0.220 e. The Labute approximate surface area is 59.0 Å². The molecule has 0 aromatic rings. The highest BCUT2D eigenvalue weighted by Crippen LogP contribution is 2.04. The van der Waals surface area contributed by atoms with Crippen molar-refractivity contribution in [1.29, 1.82) is 0 Å². The molecule has 1 aliphatic rings. The van der Waals surface area contributed by atoms with Crippen LogP contribution in [-0.2, 0) is 9.59 Å². The van der Waals surface area contributed by atoms with Crippen LogP contribution >= 0.6 is 0 Å². The fourth-order valence-corrected chi connectivity index (χ4v) is 1.02. The second-order valence-electron chi connectivity index (χ2n) is 2.33. The molecule has 1 heterocycles. The van der Waals surface area contributed by atoms with Gasteiger partial charge >= 0.3 is 0 Å². The predicted molar refractivity (Wildman–Crippen MR) is 35.2 cm³/mol. The summed E-state index contributed by atoms with van der Waals surface area (Å²) in [6, 6.07) is 0.151. The van der Waals surface area contributed by atoms with Gasteiger partial charge in [-0.2, -0.15) is 0 Å². The summed E-state index contributed by atoms with van der Waals surface area (Å²) in [6.45, 7) is 0.551. The lowest BCUT2D eigenvalue weighted by Gasteiger charge is -2.06. The lowest BCUT2D eigenvalue weighted by atomic mass is 10.2. The lowest BCUT2D eigenvalue weighted by Crippen LogP contribution is -2.34. The molecule has 1 saturated heterocycles. The number of hydrogen-bond donors (Lipinski definition) is 2. The zero-order valence-corrected chi connectivity index (χ0v) is 5.59. The number of nitrogens with one attached hydrogen (secondary N) is 2. The van der Waals surface area contributed by atoms with Crippen molar-refractivity contribution in [2.75, 3.05) is 6.54 Å². The molecule has 1 aliphatic heterocycles. The van der Waals surface area contributed by atoms with Gasteiger partial charge in [0.2, 0.25) is 12.3 Å². The molecule has 4 heteroatoms. The SMILES string of the molecule is O=CNC[C@H]1CCC(=O)N1. The molecule has 1 fully saturated rings. The number of carbonyl (C=O) groups is 2. The van der Waals surface area contributed by atoms with Crippen LogP contribution in [0.2, 0.25) is 0 Å². The molecule has 56 valence electrons. The molecule has 0 aromatic carbocycles. The number of amides is 2. The van der Waals surface area contributed by atoms with Crippen LogP contribution in [0.25, 0.3) is 0 Å². The topological polar surface area (TPSA) is 58.2 Å². The molecule has 2 amide bonds. The van der Waals surface area contributed by atoms with Crippen molar-refractivity contribution >= 4 is 12.3 Å². The molecule has 1 atom stereocenters. The first-order valence-corrected chi connectivity index (χ1v) is 3.29. The van der Waals surface area contributed by atoms with Crippen LogP contribution in [0.15, 0.2) is 0 Å². The van der Waals surface area contributed by atoms with Gasteiger partial charge in [0.1, 0.15) is 0 Å². The normalized spacial score (nSPS) is 24.0. The summed E-state index contributed by atoms with van der Waals surface area (Å²) >= 11 is 0. The zero-order chi connectivity index (χ0) is 7.40. The summed E-state index contributed by atoms with van der Waals surface area (Å²) in [4.78, 5) is 20.4. The van der Waals surface area contributed by atoms with Crippen molar-refractivity contribution < 1.29 is 9.59 Å². The molecule has 0 aromatic heterocycles. The lowest BCUT2D eigenvalue weighted by molar-refractivity contribution is -0.119. The third-order valence-corrected chi connectivity index (χ3v) is 1.53. The van der Waals surface area contributed by atoms with E-state index in [0.717, 1.165) is 6.42 Å². The van der Waals surface area contributed by atoms with Gasteiger partial charge in [0, 0.05) is 19.0 Å². The minimum absolute atomic E-state index is 0.0812. The van der Waals surface area contributed by atoms with Crippen LogP contribution in [0.5, 0.6) is 0 Å². The van der Waals surface area contributed by atoms with Gasteiger partial charge < -0.3 is 10.6 Å². The molecule has 1 rings (SSSR count). The highest BCUT2D eigenvalue weighted by atomic mass is 16.2. The van der Waals surface area contributed by atoms with E-state index in [1.165, 1.54) is 0 Å². The molecule has 0 saturated carbocycles. The Kier molecular flexibility index (Phi) is 2.25. The molecular weight excluding hydrogens is 132 g/mol. The number of carbonyl (C=O) groups excluding carboxylic acids is 2. The second-order valence-corrected chi connectivity index (χ2v) is 2.33. The third-order valence-electron chi connectivity index (χ3n) is 1.53. The largest absolute Gasteiger partial charge is 0.357 e. The molecule has 10 heavy (non-hydrogen) atoms. The van der Waals surface area contributed by atoms with Crippen molar-refractivity contribution in [3.63, 3.8) is 0 Å². The molecule has 2 N–H and O–H groups in total. The van der Waals surface area contributed by atoms with Crippen molar-refractivity contribution in [2.24, 2.45) is 0 Å². The average Bonchev–Trinajstić information content (AvgIpc) is 2.31. The summed E-state index contributed by atoms with van der Waals surface area (Å²) in [5.74, 6) is 0.0812. The van der Waals surface area contributed by atoms with Crippen LogP contribution in [-0.4, -0.2) is 24.9 Å². The molecule has 0 aliphatic carbocycles. The van der Waals surface area contributed by atoms with E-state index in [1.807, 2.05) is 0 Å². The molecule has 0 spiro atoms. The first-order chi connectivity index (χ1) is 4.83. The molecule has 0 bridgehead atoms. The summed E-state index contributed by atoms with van der Waals surface area (Å²) in [7, 11) is 0. The highest BCUT2D eigenvalue weighted by Gasteiger charge is 2.19. The van der Waals surface area contributed by atoms with Crippen LogP contribution in [0.1, 0.15) is 12.8 Å². The Morgan fingerprint density at radius 3 is 3.10 bits per heavy atom. The molecule has 0 unspecified atom stereocenters. The van der Waals surface area contributed by atoms with E-state index in [4.69, 9.17) is 0 Å². The van der Waals surface area contributed by atoms with Gasteiger partial charge in [0.25, 0.3) is 0 Å². The van der Waals surface area contributed by atoms with E-state index in [9.17, 15) is 9.59 Å². The first kappa shape index (κ1) is 7.05. The average molecular weight is 142 g/mol. The van der Waals surface area contributed by atoms with Crippen molar-refractivity contribution in [1.82, 2.24) is 10.6 Å². The van der Waals surface area contributed by atoms with Crippen molar-refractivity contribution in [3.05, 3.63) is 0 Å². The van der Waals surface area contributed by atoms with E-state index < -0.39 is 0 Å². The fraction of sp³-hybridized carbons (Fsp3) is 0.667. The maximum absolute atomic E-state index is 10.6. The molecular formula is C6H10N2O2. The predicted octanol–water partition coefficient (Wildman–Crippen LogP) is -0.989. The Bertz CT molecular complexity index is 147. The Morgan fingerprint density at radius 2 is 2.60 bits per heavy atom. The number of rotatable bonds is 3. The zero-order valence-electron chi connectivity index (χ0n) is 5.59. The van der Waals surface area contributed by atoms with Gasteiger partial charge in [-0.3, -0.25) is 9.59 Å². The van der Waals surface area contributed by atoms with Gasteiger partial charge in [-0.05, 0) is 6.42 Å². The Hall–Kier alpha value is -1.06. The maximum atomic E-state index is 10.6. The molecule has 4 nitrogen and oxygen atoms in total. The molecule has 0 radical (unpaired) electrons. The Balaban J connectivity index is 2.18. The first-order valence-electron chi connectivity index (χ1n) is 3.29. The summed E-state index contributed by atoms with van der Waals surface area (Å²) < 4.78 is 0. The van der Waals surface area contributed by atoms with E-state index in [-0.39, 0.29) is 11.9 Å². The van der Waals surface area contributed by atoms with Gasteiger partial charge in [-0.15, -0.1) is 0 Å². The summed E-state index contributed by atoms with van der Waals surface area (Å²) in [5, 5.41) is 5.24. The van der Waals surface area contributed by atoms with Crippen LogP contribution in [0.4, 0.5) is 0 Å². The van der Waals surface area contributed by atoms with E-state index in [0.29, 0.717) is 19.4 Å². The Morgan fingerprint density at radius 1 is 1.80 bits per heavy atom. The van der Waals surface area contributed by atoms with Gasteiger partial charge in [0.05, 0.1) is 0 Å². The van der Waals surface area contributed by atoms with Crippen LogP contribution in [0.3, 0.4) is 0 Å². The minimum atomic E-state index is 0.0812. The monoisotopic (exact) mass is 142 g/mol. The van der Waals surface area contributed by atoms with E-state index in [1.54, 1.807) is 0 Å². The van der Waals surface area contributed by atoms with E-state index in [2.05, 4.69) is 10.6 Å². The van der Waals surface area contributed by atoms with E-state index >= 15 is 0 Å². The minimum Gasteiger partial charge on any atom is -0.357 e. The van der Waals surface area contributed by atoms with Crippen molar-refractivity contribution in [2.45, 2.75) is 18.9 Å². The quantitative estimate of drug-likeness (QED) is 0.497. The van der Waals surface area contributed by atoms with Crippen LogP contribution < -0.4 is 10.6 Å². The van der Waals surface area contributed by atoms with Gasteiger partial charge in [-0.25, -0.2) is 0 Å². The summed E-state index contributed by atoms with van der Waals surface area (Å²) in [5.41, 5.74) is 0. The van der Waals surface area contributed by atoms with Gasteiger partial charge in [0.15, 0.2) is 0 Å². The standard InChI is InChI=1S/C6H10N2O2/c9-4-7-3-5-1-2-6(10)8-5/h4-5H,1-3H2,(H,7,9)(H,8,10)/t5-/m1/s1. The second kappa shape index (κ2) is 3.20. The highest BCUT2D eigenvalue weighted by molar-refractivity contribution is 5.78. The smallest absolute Gasteiger partial charge is 0.220 e. The number of hydrogen-bond acceptors (Lipinski definition) is 2. The fourth-order valence-electron chi connectivity index (χ4n) is 1.02. The van der Waals surface area contributed by atoms with Crippen LogP contribution in [0, 0.1) is 0 Å². The van der Waals surface area contributed by atoms with Crippen molar-refractivity contribution in [3.8, 4) is 0 Å². The van der Waals surface area contributed by atoms with Gasteiger partial charge in [-0.1, -0.05) is 0 Å². The third kappa shape index (κ3) is 1.72.